The number of nitrogens with zero attached hydrogens (tertiary/aromatic N) is 3. The number of aromatic nitrogens is 1. The molecule has 4 rings (SSSR count). The highest BCUT2D eigenvalue weighted by atomic mass is 15.2. The lowest BCUT2D eigenvalue weighted by Gasteiger charge is -2.19. The Morgan fingerprint density at radius 1 is 1.05 bits per heavy atom. The lowest BCUT2D eigenvalue weighted by Crippen LogP contribution is -2.18. The predicted molar refractivity (Wildman–Crippen MR) is 77.3 cm³/mol. The van der Waals surface area contributed by atoms with Crippen LogP contribution in [0.2, 0.25) is 0 Å². The van der Waals surface area contributed by atoms with Gasteiger partial charge in [0.15, 0.2) is 0 Å². The molecule has 2 heterocycles. The van der Waals surface area contributed by atoms with Crippen LogP contribution in [0.15, 0.2) is 30.3 Å². The Kier molecular flexibility index (Phi) is 2.50. The van der Waals surface area contributed by atoms with E-state index >= 15 is 0 Å². The van der Waals surface area contributed by atoms with Crippen LogP contribution in [-0.4, -0.2) is 4.98 Å². The molecule has 0 saturated carbocycles. The van der Waals surface area contributed by atoms with Crippen molar-refractivity contribution in [2.75, 3.05) is 4.90 Å². The van der Waals surface area contributed by atoms with Crippen molar-refractivity contribution in [1.29, 1.82) is 5.26 Å². The Morgan fingerprint density at radius 3 is 2.50 bits per heavy atom. The average Bonchev–Trinajstić information content (AvgIpc) is 3.11. The molecule has 3 nitrogen and oxygen atoms in total. The van der Waals surface area contributed by atoms with E-state index in [-0.39, 0.29) is 0 Å². The minimum absolute atomic E-state index is 0.721. The second-order valence-corrected chi connectivity index (χ2v) is 5.56. The third-order valence-electron chi connectivity index (χ3n) is 4.29. The maximum absolute atomic E-state index is 9.41. The zero-order valence-electron chi connectivity index (χ0n) is 11.3. The minimum Gasteiger partial charge on any atom is -0.347 e. The first-order valence-corrected chi connectivity index (χ1v) is 7.10. The first-order chi connectivity index (χ1) is 9.85. The number of hydrogen-bond acceptors (Lipinski definition) is 3. The summed E-state index contributed by atoms with van der Waals surface area (Å²) < 4.78 is 0. The quantitative estimate of drug-likeness (QED) is 0.792. The van der Waals surface area contributed by atoms with E-state index in [9.17, 15) is 5.26 Å². The molecule has 1 aromatic carbocycles. The molecular formula is C17H15N3. The summed E-state index contributed by atoms with van der Waals surface area (Å²) in [6.07, 6.45) is 3.28. The fourth-order valence-electron chi connectivity index (χ4n) is 3.27. The van der Waals surface area contributed by atoms with Crippen LogP contribution in [0.25, 0.3) is 0 Å². The standard InChI is InChI=1S/C17H15N3/c18-9-15-8-12-6-3-7-16(12)19-17(15)20-10-13-4-1-2-5-14(13)11-20/h1-2,4-5,8H,3,6-7,10-11H2. The number of anilines is 1. The van der Waals surface area contributed by atoms with Gasteiger partial charge in [-0.2, -0.15) is 5.26 Å². The van der Waals surface area contributed by atoms with Crippen LogP contribution >= 0.6 is 0 Å². The Labute approximate surface area is 118 Å². The molecule has 3 heteroatoms. The maximum atomic E-state index is 9.41. The molecule has 0 bridgehead atoms. The van der Waals surface area contributed by atoms with Gasteiger partial charge in [-0.3, -0.25) is 0 Å². The number of nitriles is 1. The van der Waals surface area contributed by atoms with Crippen molar-refractivity contribution in [2.24, 2.45) is 0 Å². The lowest BCUT2D eigenvalue weighted by molar-refractivity contribution is 0.841. The third kappa shape index (κ3) is 1.69. The monoisotopic (exact) mass is 261 g/mol. The molecule has 2 aliphatic rings. The summed E-state index contributed by atoms with van der Waals surface area (Å²) in [5, 5.41) is 9.41. The summed E-state index contributed by atoms with van der Waals surface area (Å²) in [6, 6.07) is 12.8. The first-order valence-electron chi connectivity index (χ1n) is 7.10. The van der Waals surface area contributed by atoms with E-state index in [1.807, 2.05) is 6.07 Å². The van der Waals surface area contributed by atoms with Crippen molar-refractivity contribution < 1.29 is 0 Å². The number of rotatable bonds is 1. The number of aryl methyl sites for hydroxylation is 2. The fourth-order valence-corrected chi connectivity index (χ4v) is 3.27. The summed E-state index contributed by atoms with van der Waals surface area (Å²) in [5.41, 5.74) is 5.87. The van der Waals surface area contributed by atoms with Gasteiger partial charge < -0.3 is 4.90 Å². The van der Waals surface area contributed by atoms with Crippen molar-refractivity contribution in [3.8, 4) is 6.07 Å². The number of fused-ring (bicyclic) bond motifs is 2. The zero-order chi connectivity index (χ0) is 13.5. The van der Waals surface area contributed by atoms with Crippen LogP contribution in [0.3, 0.4) is 0 Å². The van der Waals surface area contributed by atoms with Crippen molar-refractivity contribution in [2.45, 2.75) is 32.4 Å². The molecule has 1 aromatic heterocycles. The Bertz CT molecular complexity index is 703. The van der Waals surface area contributed by atoms with E-state index in [1.54, 1.807) is 0 Å². The van der Waals surface area contributed by atoms with Crippen molar-refractivity contribution in [1.82, 2.24) is 4.98 Å². The molecule has 0 N–H and O–H groups in total. The van der Waals surface area contributed by atoms with Crippen molar-refractivity contribution in [3.63, 3.8) is 0 Å². The number of benzene rings is 1. The molecule has 0 fully saturated rings. The van der Waals surface area contributed by atoms with E-state index < -0.39 is 0 Å². The smallest absolute Gasteiger partial charge is 0.147 e. The van der Waals surface area contributed by atoms with Gasteiger partial charge in [0.25, 0.3) is 0 Å². The van der Waals surface area contributed by atoms with Gasteiger partial charge >= 0.3 is 0 Å². The maximum Gasteiger partial charge on any atom is 0.147 e. The third-order valence-corrected chi connectivity index (χ3v) is 4.29. The molecular weight excluding hydrogens is 246 g/mol. The summed E-state index contributed by atoms with van der Waals surface area (Å²) in [5.74, 6) is 0.865. The Morgan fingerprint density at radius 2 is 1.80 bits per heavy atom. The molecule has 0 atom stereocenters. The molecule has 98 valence electrons. The van der Waals surface area contributed by atoms with Gasteiger partial charge in [0.05, 0.1) is 5.56 Å². The van der Waals surface area contributed by atoms with Crippen LogP contribution in [0.4, 0.5) is 5.82 Å². The van der Waals surface area contributed by atoms with Gasteiger partial charge in [0.2, 0.25) is 0 Å². The highest BCUT2D eigenvalue weighted by Crippen LogP contribution is 2.32. The van der Waals surface area contributed by atoms with Gasteiger partial charge in [0.1, 0.15) is 11.9 Å². The average molecular weight is 261 g/mol. The van der Waals surface area contributed by atoms with Crippen molar-refractivity contribution in [3.05, 3.63) is 58.3 Å². The zero-order valence-corrected chi connectivity index (χ0v) is 11.3. The highest BCUT2D eigenvalue weighted by molar-refractivity contribution is 5.59. The van der Waals surface area contributed by atoms with E-state index in [4.69, 9.17) is 4.98 Å². The summed E-state index contributed by atoms with van der Waals surface area (Å²) in [7, 11) is 0. The molecule has 0 spiro atoms. The van der Waals surface area contributed by atoms with E-state index in [2.05, 4.69) is 35.2 Å². The summed E-state index contributed by atoms with van der Waals surface area (Å²) >= 11 is 0. The summed E-state index contributed by atoms with van der Waals surface area (Å²) in [4.78, 5) is 7.02. The Balaban J connectivity index is 1.76. The second-order valence-electron chi connectivity index (χ2n) is 5.56. The predicted octanol–water partition coefficient (Wildman–Crippen LogP) is 2.96. The van der Waals surface area contributed by atoms with E-state index in [0.717, 1.165) is 43.7 Å². The van der Waals surface area contributed by atoms with Crippen molar-refractivity contribution >= 4 is 5.82 Å². The highest BCUT2D eigenvalue weighted by Gasteiger charge is 2.24. The van der Waals surface area contributed by atoms with Gasteiger partial charge in [-0.15, -0.1) is 0 Å². The largest absolute Gasteiger partial charge is 0.347 e. The molecule has 20 heavy (non-hydrogen) atoms. The normalized spacial score (nSPS) is 15.8. The van der Waals surface area contributed by atoms with Gasteiger partial charge in [-0.1, -0.05) is 24.3 Å². The molecule has 0 unspecified atom stereocenters. The SMILES string of the molecule is N#Cc1cc2c(nc1N1Cc3ccccc3C1)CCC2. The molecule has 2 aromatic rings. The van der Waals surface area contributed by atoms with Crippen LogP contribution in [0, 0.1) is 11.3 Å². The van der Waals surface area contributed by atoms with Crippen LogP contribution < -0.4 is 4.90 Å². The molecule has 0 amide bonds. The van der Waals surface area contributed by atoms with Gasteiger partial charge in [0, 0.05) is 18.8 Å². The number of pyridine rings is 1. The fraction of sp³-hybridized carbons (Fsp3) is 0.294. The molecule has 1 aliphatic carbocycles. The van der Waals surface area contributed by atoms with Crippen LogP contribution in [0.5, 0.6) is 0 Å². The van der Waals surface area contributed by atoms with Crippen LogP contribution in [-0.2, 0) is 25.9 Å². The van der Waals surface area contributed by atoms with E-state index in [1.165, 1.54) is 22.4 Å². The molecule has 1 aliphatic heterocycles. The molecule has 0 saturated heterocycles. The van der Waals surface area contributed by atoms with Crippen LogP contribution in [0.1, 0.15) is 34.4 Å². The topological polar surface area (TPSA) is 39.9 Å². The summed E-state index contributed by atoms with van der Waals surface area (Å²) in [6.45, 7) is 1.72. The lowest BCUT2D eigenvalue weighted by atomic mass is 10.1. The second kappa shape index (κ2) is 4.35. The minimum atomic E-state index is 0.721. The first kappa shape index (κ1) is 11.5. The number of hydrogen-bond donors (Lipinski definition) is 0. The van der Waals surface area contributed by atoms with E-state index in [0.29, 0.717) is 0 Å². The Hall–Kier alpha value is -2.34. The molecule has 0 radical (unpaired) electrons. The van der Waals surface area contributed by atoms with Gasteiger partial charge in [-0.25, -0.2) is 4.98 Å². The van der Waals surface area contributed by atoms with Gasteiger partial charge in [-0.05, 0) is 42.0 Å².